The fourth-order valence-corrected chi connectivity index (χ4v) is 4.63. The Bertz CT molecular complexity index is 888. The van der Waals surface area contributed by atoms with Crippen molar-refractivity contribution < 1.29 is 28.7 Å². The van der Waals surface area contributed by atoms with Gasteiger partial charge in [0.2, 0.25) is 17.9 Å². The molecule has 1 N–H and O–H groups in total. The van der Waals surface area contributed by atoms with Gasteiger partial charge >= 0.3 is 0 Å². The van der Waals surface area contributed by atoms with Crippen molar-refractivity contribution in [3.05, 3.63) is 24.3 Å². The van der Waals surface area contributed by atoms with Gasteiger partial charge in [0.15, 0.2) is 11.5 Å². The molecular formula is C21H26N4O6S. The number of rotatable bonds is 6. The number of carbonyl (C=O) groups excluding carboxylic acids is 4. The summed E-state index contributed by atoms with van der Waals surface area (Å²) in [4.78, 5) is 53.5. The van der Waals surface area contributed by atoms with E-state index in [2.05, 4.69) is 5.32 Å². The second-order valence-corrected chi connectivity index (χ2v) is 8.72. The Morgan fingerprint density at radius 2 is 1.88 bits per heavy atom. The van der Waals surface area contributed by atoms with E-state index in [1.54, 1.807) is 17.0 Å². The minimum Gasteiger partial charge on any atom is -0.485 e. The topological polar surface area (TPSA) is 108 Å². The highest BCUT2D eigenvalue weighted by atomic mass is 32.2. The molecule has 4 amide bonds. The zero-order valence-electron chi connectivity index (χ0n) is 17.8. The maximum atomic E-state index is 12.9. The standard InChI is InChI=1S/C21H26N4O6S/c1-14(19(27)22-6-7-25-18(26)13-32-21(25)29)23-8-10-24(11-9-23)20(28)17-12-30-15-4-2-3-5-16(15)31-17/h2-5,14,17H,6-13H2,1H3,(H,22,27). The van der Waals surface area contributed by atoms with Crippen molar-refractivity contribution in [2.75, 3.05) is 51.6 Å². The average molecular weight is 463 g/mol. The third-order valence-corrected chi connectivity index (χ3v) is 6.67. The van der Waals surface area contributed by atoms with E-state index in [-0.39, 0.29) is 54.5 Å². The Labute approximate surface area is 190 Å². The molecule has 0 spiro atoms. The van der Waals surface area contributed by atoms with Gasteiger partial charge in [-0.1, -0.05) is 23.9 Å². The first-order valence-corrected chi connectivity index (χ1v) is 11.6. The van der Waals surface area contributed by atoms with Crippen molar-refractivity contribution in [2.24, 2.45) is 0 Å². The number of nitrogens with one attached hydrogen (secondary N) is 1. The predicted molar refractivity (Wildman–Crippen MR) is 117 cm³/mol. The molecule has 2 atom stereocenters. The van der Waals surface area contributed by atoms with Crippen LogP contribution in [0.25, 0.3) is 0 Å². The normalized spacial score (nSPS) is 22.1. The van der Waals surface area contributed by atoms with E-state index in [9.17, 15) is 19.2 Å². The third-order valence-electron chi connectivity index (χ3n) is 5.81. The smallest absolute Gasteiger partial charge is 0.288 e. The van der Waals surface area contributed by atoms with Crippen molar-refractivity contribution in [1.29, 1.82) is 0 Å². The second-order valence-electron chi connectivity index (χ2n) is 7.79. The van der Waals surface area contributed by atoms with Gasteiger partial charge in [0.25, 0.3) is 11.1 Å². The van der Waals surface area contributed by atoms with Gasteiger partial charge in [-0.2, -0.15) is 0 Å². The van der Waals surface area contributed by atoms with Crippen LogP contribution in [0.2, 0.25) is 0 Å². The van der Waals surface area contributed by atoms with Gasteiger partial charge in [-0.25, -0.2) is 0 Å². The van der Waals surface area contributed by atoms with E-state index >= 15 is 0 Å². The van der Waals surface area contributed by atoms with Crippen LogP contribution in [0.3, 0.4) is 0 Å². The number of piperazine rings is 1. The number of hydrogen-bond acceptors (Lipinski definition) is 8. The van der Waals surface area contributed by atoms with Gasteiger partial charge in [-0.15, -0.1) is 0 Å². The number of amides is 4. The lowest BCUT2D eigenvalue weighted by molar-refractivity contribution is -0.143. The van der Waals surface area contributed by atoms with E-state index in [1.165, 1.54) is 0 Å². The lowest BCUT2D eigenvalue weighted by Gasteiger charge is -2.39. The largest absolute Gasteiger partial charge is 0.485 e. The van der Waals surface area contributed by atoms with Gasteiger partial charge in [-0.05, 0) is 19.1 Å². The quantitative estimate of drug-likeness (QED) is 0.638. The Kier molecular flexibility index (Phi) is 6.85. The molecule has 3 heterocycles. The summed E-state index contributed by atoms with van der Waals surface area (Å²) in [5.41, 5.74) is 0. The zero-order chi connectivity index (χ0) is 22.7. The number of para-hydroxylation sites is 2. The first kappa shape index (κ1) is 22.4. The molecule has 2 fully saturated rings. The van der Waals surface area contributed by atoms with Gasteiger partial charge < -0.3 is 19.7 Å². The van der Waals surface area contributed by atoms with Gasteiger partial charge in [0, 0.05) is 39.3 Å². The van der Waals surface area contributed by atoms with Crippen molar-refractivity contribution in [2.45, 2.75) is 19.1 Å². The third kappa shape index (κ3) is 4.83. The summed E-state index contributed by atoms with van der Waals surface area (Å²) in [5, 5.41) is 2.52. The predicted octanol–water partition coefficient (Wildman–Crippen LogP) is 0.171. The summed E-state index contributed by atoms with van der Waals surface area (Å²) in [5.74, 6) is 0.858. The minimum atomic E-state index is -0.675. The average Bonchev–Trinajstić information content (AvgIpc) is 3.15. The highest BCUT2D eigenvalue weighted by Gasteiger charge is 2.34. The van der Waals surface area contributed by atoms with Gasteiger partial charge in [0.05, 0.1) is 11.8 Å². The van der Waals surface area contributed by atoms with E-state index in [4.69, 9.17) is 9.47 Å². The van der Waals surface area contributed by atoms with Crippen LogP contribution in [0, 0.1) is 0 Å². The molecule has 3 aliphatic heterocycles. The van der Waals surface area contributed by atoms with Crippen molar-refractivity contribution in [1.82, 2.24) is 20.0 Å². The number of hydrogen-bond donors (Lipinski definition) is 1. The van der Waals surface area contributed by atoms with Crippen molar-refractivity contribution in [3.8, 4) is 11.5 Å². The van der Waals surface area contributed by atoms with Crippen LogP contribution in [0.1, 0.15) is 6.92 Å². The van der Waals surface area contributed by atoms with E-state index in [0.29, 0.717) is 37.7 Å². The number of benzene rings is 1. The van der Waals surface area contributed by atoms with E-state index < -0.39 is 6.10 Å². The number of imide groups is 1. The molecule has 1 aromatic carbocycles. The molecule has 2 saturated heterocycles. The highest BCUT2D eigenvalue weighted by Crippen LogP contribution is 2.31. The first-order valence-electron chi connectivity index (χ1n) is 10.6. The zero-order valence-corrected chi connectivity index (χ0v) is 18.6. The number of fused-ring (bicyclic) bond motifs is 1. The molecule has 11 heteroatoms. The Morgan fingerprint density at radius 3 is 2.56 bits per heavy atom. The molecular weight excluding hydrogens is 436 g/mol. The van der Waals surface area contributed by atoms with Crippen molar-refractivity contribution >= 4 is 34.7 Å². The van der Waals surface area contributed by atoms with E-state index in [1.807, 2.05) is 24.0 Å². The van der Waals surface area contributed by atoms with Gasteiger partial charge in [-0.3, -0.25) is 29.0 Å². The summed E-state index contributed by atoms with van der Waals surface area (Å²) < 4.78 is 11.5. The maximum Gasteiger partial charge on any atom is 0.288 e. The minimum absolute atomic E-state index is 0.117. The summed E-state index contributed by atoms with van der Waals surface area (Å²) in [6.07, 6.45) is -0.675. The maximum absolute atomic E-state index is 12.9. The number of ether oxygens (including phenoxy) is 2. The summed E-state index contributed by atoms with van der Waals surface area (Å²) in [7, 11) is 0. The molecule has 10 nitrogen and oxygen atoms in total. The Morgan fingerprint density at radius 1 is 1.16 bits per heavy atom. The van der Waals surface area contributed by atoms with Crippen LogP contribution in [0.4, 0.5) is 4.79 Å². The lowest BCUT2D eigenvalue weighted by atomic mass is 10.2. The lowest BCUT2D eigenvalue weighted by Crippen LogP contribution is -2.57. The van der Waals surface area contributed by atoms with Gasteiger partial charge in [0.1, 0.15) is 6.61 Å². The summed E-state index contributed by atoms with van der Waals surface area (Å²) in [6, 6.07) is 6.89. The molecule has 2 unspecified atom stereocenters. The second kappa shape index (κ2) is 9.78. The summed E-state index contributed by atoms with van der Waals surface area (Å²) in [6.45, 7) is 4.49. The molecule has 3 aliphatic rings. The molecule has 0 aliphatic carbocycles. The molecule has 0 radical (unpaired) electrons. The Balaban J connectivity index is 1.21. The van der Waals surface area contributed by atoms with Crippen molar-refractivity contribution in [3.63, 3.8) is 0 Å². The number of nitrogens with zero attached hydrogens (tertiary/aromatic N) is 3. The summed E-state index contributed by atoms with van der Waals surface area (Å²) >= 11 is 0.978. The van der Waals surface area contributed by atoms with Crippen LogP contribution in [0.5, 0.6) is 11.5 Å². The van der Waals surface area contributed by atoms with Crippen LogP contribution in [0.15, 0.2) is 24.3 Å². The molecule has 172 valence electrons. The van der Waals surface area contributed by atoms with Crippen LogP contribution in [-0.2, 0) is 14.4 Å². The van der Waals surface area contributed by atoms with Crippen LogP contribution >= 0.6 is 11.8 Å². The SMILES string of the molecule is CC(C(=O)NCCN1C(=O)CSC1=O)N1CCN(C(=O)C2COc3ccccc3O2)CC1. The van der Waals surface area contributed by atoms with E-state index in [0.717, 1.165) is 16.7 Å². The van der Waals surface area contributed by atoms with Crippen LogP contribution in [-0.4, -0.2) is 101 Å². The molecule has 0 saturated carbocycles. The molecule has 4 rings (SSSR count). The Hall–Kier alpha value is -2.79. The highest BCUT2D eigenvalue weighted by molar-refractivity contribution is 8.14. The molecule has 1 aromatic rings. The monoisotopic (exact) mass is 462 g/mol. The molecule has 32 heavy (non-hydrogen) atoms. The molecule has 0 aromatic heterocycles. The van der Waals surface area contributed by atoms with Crippen LogP contribution < -0.4 is 14.8 Å². The number of carbonyl (C=O) groups is 4. The molecule has 0 bridgehead atoms. The number of thioether (sulfide) groups is 1. The first-order chi connectivity index (χ1) is 15.4. The fourth-order valence-electron chi connectivity index (χ4n) is 3.88. The fraction of sp³-hybridized carbons (Fsp3) is 0.524.